The fraction of sp³-hybridized carbons (Fsp3) is 0.300. The molecule has 0 unspecified atom stereocenters. The van der Waals surface area contributed by atoms with Gasteiger partial charge in [0.05, 0.1) is 27.5 Å². The second-order valence-electron chi connectivity index (χ2n) is 5.91. The van der Waals surface area contributed by atoms with Crippen LogP contribution < -0.4 is 24.4 Å². The summed E-state index contributed by atoms with van der Waals surface area (Å²) < 4.78 is 22.4. The summed E-state index contributed by atoms with van der Waals surface area (Å²) in [6.45, 7) is 3.71. The molecule has 0 radical (unpaired) electrons. The summed E-state index contributed by atoms with van der Waals surface area (Å²) >= 11 is 3.43. The van der Waals surface area contributed by atoms with Crippen LogP contribution in [-0.2, 0) is 4.79 Å². The number of ether oxygens (including phenoxy) is 4. The number of benzene rings is 2. The minimum absolute atomic E-state index is 0.143. The number of hydrazone groups is 1. The van der Waals surface area contributed by atoms with Crippen LogP contribution in [0.2, 0.25) is 0 Å². The molecule has 0 saturated carbocycles. The number of halogens is 1. The van der Waals surface area contributed by atoms with Crippen LogP contribution in [-0.4, -0.2) is 40.1 Å². The number of amides is 1. The highest BCUT2D eigenvalue weighted by atomic mass is 79.9. The predicted molar refractivity (Wildman–Crippen MR) is 111 cm³/mol. The average molecular weight is 451 g/mol. The van der Waals surface area contributed by atoms with Gasteiger partial charge in [-0.15, -0.1) is 0 Å². The van der Waals surface area contributed by atoms with E-state index in [-0.39, 0.29) is 12.5 Å². The van der Waals surface area contributed by atoms with Crippen LogP contribution in [0.4, 0.5) is 0 Å². The van der Waals surface area contributed by atoms with Crippen LogP contribution >= 0.6 is 15.9 Å². The molecular formula is C20H23BrN2O5. The maximum absolute atomic E-state index is 12.0. The lowest BCUT2D eigenvalue weighted by molar-refractivity contribution is -0.123. The Hall–Kier alpha value is -2.74. The number of nitrogens with one attached hydrogen (secondary N) is 1. The predicted octanol–water partition coefficient (Wildman–Crippen LogP) is 3.62. The number of carbonyl (C=O) groups is 1. The van der Waals surface area contributed by atoms with Gasteiger partial charge >= 0.3 is 0 Å². The zero-order valence-electron chi connectivity index (χ0n) is 16.5. The van der Waals surface area contributed by atoms with E-state index in [9.17, 15) is 4.79 Å². The number of aryl methyl sites for hydroxylation is 2. The van der Waals surface area contributed by atoms with Crippen molar-refractivity contribution < 1.29 is 23.7 Å². The zero-order valence-corrected chi connectivity index (χ0v) is 18.0. The molecule has 28 heavy (non-hydrogen) atoms. The summed E-state index contributed by atoms with van der Waals surface area (Å²) in [5, 5.41) is 3.96. The van der Waals surface area contributed by atoms with Gasteiger partial charge in [0.1, 0.15) is 5.75 Å². The van der Waals surface area contributed by atoms with E-state index in [0.717, 1.165) is 15.6 Å². The molecule has 2 aromatic carbocycles. The number of nitrogens with zero attached hydrogens (tertiary/aromatic N) is 1. The first-order valence-corrected chi connectivity index (χ1v) is 9.20. The first-order valence-electron chi connectivity index (χ1n) is 8.41. The smallest absolute Gasteiger partial charge is 0.277 e. The van der Waals surface area contributed by atoms with Gasteiger partial charge < -0.3 is 18.9 Å². The summed E-state index contributed by atoms with van der Waals surface area (Å²) in [7, 11) is 4.59. The fourth-order valence-corrected chi connectivity index (χ4v) is 3.34. The van der Waals surface area contributed by atoms with Crippen molar-refractivity contribution in [2.45, 2.75) is 13.8 Å². The maximum atomic E-state index is 12.0. The summed E-state index contributed by atoms with van der Waals surface area (Å²) in [6, 6.07) is 7.32. The van der Waals surface area contributed by atoms with Crippen LogP contribution in [0.3, 0.4) is 0 Å². The van der Waals surface area contributed by atoms with Gasteiger partial charge in [0, 0.05) is 10.0 Å². The normalized spacial score (nSPS) is 10.6. The summed E-state index contributed by atoms with van der Waals surface area (Å²) in [6.07, 6.45) is 1.48. The number of rotatable bonds is 8. The van der Waals surface area contributed by atoms with Crippen molar-refractivity contribution in [3.63, 3.8) is 0 Å². The highest BCUT2D eigenvalue weighted by Crippen LogP contribution is 2.37. The lowest BCUT2D eigenvalue weighted by Crippen LogP contribution is -2.25. The molecule has 0 aliphatic rings. The lowest BCUT2D eigenvalue weighted by atomic mass is 10.1. The SMILES string of the molecule is COc1cc(C=NNC(=O)COc2c(C)cc(Br)cc2C)cc(OC)c1OC. The monoisotopic (exact) mass is 450 g/mol. The van der Waals surface area contributed by atoms with E-state index < -0.39 is 0 Å². The Balaban J connectivity index is 2.00. The Bertz CT molecular complexity index is 835. The van der Waals surface area contributed by atoms with E-state index >= 15 is 0 Å². The molecular weight excluding hydrogens is 428 g/mol. The molecule has 0 saturated heterocycles. The Kier molecular flexibility index (Phi) is 7.69. The Morgan fingerprint density at radius 3 is 2.07 bits per heavy atom. The topological polar surface area (TPSA) is 78.4 Å². The quantitative estimate of drug-likeness (QED) is 0.490. The number of hydrogen-bond donors (Lipinski definition) is 1. The number of carbonyl (C=O) groups excluding carboxylic acids is 1. The number of hydrogen-bond acceptors (Lipinski definition) is 6. The van der Waals surface area contributed by atoms with Crippen LogP contribution in [0.1, 0.15) is 16.7 Å². The molecule has 0 fully saturated rings. The van der Waals surface area contributed by atoms with E-state index in [0.29, 0.717) is 28.6 Å². The molecule has 0 atom stereocenters. The maximum Gasteiger partial charge on any atom is 0.277 e. The molecule has 1 amide bonds. The molecule has 0 aromatic heterocycles. The van der Waals surface area contributed by atoms with Crippen LogP contribution in [0.25, 0.3) is 0 Å². The third-order valence-corrected chi connectivity index (χ3v) is 4.32. The van der Waals surface area contributed by atoms with Gasteiger partial charge in [-0.3, -0.25) is 4.79 Å². The van der Waals surface area contributed by atoms with Crippen molar-refractivity contribution in [1.29, 1.82) is 0 Å². The zero-order chi connectivity index (χ0) is 20.7. The van der Waals surface area contributed by atoms with E-state index in [1.54, 1.807) is 12.1 Å². The lowest BCUT2D eigenvalue weighted by Gasteiger charge is -2.13. The van der Waals surface area contributed by atoms with E-state index in [1.165, 1.54) is 27.5 Å². The molecule has 2 aromatic rings. The minimum atomic E-state index is -0.370. The highest BCUT2D eigenvalue weighted by molar-refractivity contribution is 9.10. The van der Waals surface area contributed by atoms with Gasteiger partial charge in [-0.1, -0.05) is 15.9 Å². The first-order chi connectivity index (χ1) is 13.4. The molecule has 1 N–H and O–H groups in total. The van der Waals surface area contributed by atoms with Gasteiger partial charge in [0.15, 0.2) is 18.1 Å². The van der Waals surface area contributed by atoms with Crippen molar-refractivity contribution >= 4 is 28.1 Å². The van der Waals surface area contributed by atoms with Gasteiger partial charge in [-0.05, 0) is 49.2 Å². The van der Waals surface area contributed by atoms with Crippen LogP contribution in [0, 0.1) is 13.8 Å². The Morgan fingerprint density at radius 2 is 1.57 bits per heavy atom. The third kappa shape index (κ3) is 5.39. The van der Waals surface area contributed by atoms with Gasteiger partial charge in [-0.2, -0.15) is 5.10 Å². The third-order valence-electron chi connectivity index (χ3n) is 3.86. The highest BCUT2D eigenvalue weighted by Gasteiger charge is 2.12. The van der Waals surface area contributed by atoms with Gasteiger partial charge in [-0.25, -0.2) is 5.43 Å². The molecule has 8 heteroatoms. The molecule has 0 heterocycles. The summed E-state index contributed by atoms with van der Waals surface area (Å²) in [4.78, 5) is 12.0. The van der Waals surface area contributed by atoms with Crippen molar-refractivity contribution in [3.8, 4) is 23.0 Å². The molecule has 2 rings (SSSR count). The molecule has 0 spiro atoms. The standard InChI is InChI=1S/C20H23BrN2O5/c1-12-6-15(21)7-13(2)19(12)28-11-18(24)23-22-10-14-8-16(25-3)20(27-5)17(9-14)26-4/h6-10H,11H2,1-5H3,(H,23,24). The number of methoxy groups -OCH3 is 3. The van der Waals surface area contributed by atoms with Crippen molar-refractivity contribution in [3.05, 3.63) is 45.4 Å². The van der Waals surface area contributed by atoms with Gasteiger partial charge in [0.2, 0.25) is 5.75 Å². The second kappa shape index (κ2) is 9.98. The van der Waals surface area contributed by atoms with Gasteiger partial charge in [0.25, 0.3) is 5.91 Å². The van der Waals surface area contributed by atoms with Crippen LogP contribution in [0.15, 0.2) is 33.8 Å². The van der Waals surface area contributed by atoms with E-state index in [2.05, 4.69) is 26.5 Å². The molecule has 0 aliphatic heterocycles. The largest absolute Gasteiger partial charge is 0.493 e. The molecule has 150 valence electrons. The fourth-order valence-electron chi connectivity index (χ4n) is 2.65. The molecule has 0 aliphatic carbocycles. The Labute approximate surface area is 172 Å². The van der Waals surface area contributed by atoms with Crippen LogP contribution in [0.5, 0.6) is 23.0 Å². The minimum Gasteiger partial charge on any atom is -0.493 e. The average Bonchev–Trinajstić information content (AvgIpc) is 2.66. The van der Waals surface area contributed by atoms with Crippen molar-refractivity contribution in [2.24, 2.45) is 5.10 Å². The first kappa shape index (κ1) is 21.6. The summed E-state index contributed by atoms with van der Waals surface area (Å²) in [5.74, 6) is 1.80. The van der Waals surface area contributed by atoms with Crippen molar-refractivity contribution in [2.75, 3.05) is 27.9 Å². The van der Waals surface area contributed by atoms with Crippen molar-refractivity contribution in [1.82, 2.24) is 5.43 Å². The Morgan fingerprint density at radius 1 is 1.00 bits per heavy atom. The van der Waals surface area contributed by atoms with E-state index in [4.69, 9.17) is 18.9 Å². The second-order valence-corrected chi connectivity index (χ2v) is 6.82. The molecule has 0 bridgehead atoms. The molecule has 7 nitrogen and oxygen atoms in total. The van der Waals surface area contributed by atoms with E-state index in [1.807, 2.05) is 26.0 Å². The summed E-state index contributed by atoms with van der Waals surface area (Å²) in [5.41, 5.74) is 5.00.